The highest BCUT2D eigenvalue weighted by atomic mass is 79.9. The largest absolute Gasteiger partial charge is 0.496 e. The van der Waals surface area contributed by atoms with E-state index in [0.29, 0.717) is 6.42 Å². The number of thiophene rings is 1. The summed E-state index contributed by atoms with van der Waals surface area (Å²) in [6, 6.07) is 6.58. The SMILES string of the molecule is COc1csc(C(Cc2ccc(F)cc2Br)NN)c1. The molecule has 0 aliphatic heterocycles. The van der Waals surface area contributed by atoms with Crippen LogP contribution in [0.4, 0.5) is 4.39 Å². The van der Waals surface area contributed by atoms with Crippen LogP contribution < -0.4 is 16.0 Å². The zero-order valence-electron chi connectivity index (χ0n) is 10.3. The number of hydrogen-bond acceptors (Lipinski definition) is 4. The Bertz CT molecular complexity index is 561. The fourth-order valence-corrected chi connectivity index (χ4v) is 3.20. The lowest BCUT2D eigenvalue weighted by Gasteiger charge is -2.15. The van der Waals surface area contributed by atoms with Gasteiger partial charge in [0.25, 0.3) is 0 Å². The minimum atomic E-state index is -0.259. The Hall–Kier alpha value is -0.950. The molecule has 19 heavy (non-hydrogen) atoms. The van der Waals surface area contributed by atoms with Crippen LogP contribution >= 0.6 is 27.3 Å². The van der Waals surface area contributed by atoms with E-state index in [1.54, 1.807) is 24.5 Å². The van der Waals surface area contributed by atoms with Crippen LogP contribution in [-0.2, 0) is 6.42 Å². The van der Waals surface area contributed by atoms with Gasteiger partial charge in [-0.2, -0.15) is 0 Å². The Balaban J connectivity index is 2.18. The Labute approximate surface area is 123 Å². The normalized spacial score (nSPS) is 12.4. The number of hydrogen-bond donors (Lipinski definition) is 2. The molecule has 1 aromatic heterocycles. The van der Waals surface area contributed by atoms with Crippen molar-refractivity contribution in [1.82, 2.24) is 5.43 Å². The fraction of sp³-hybridized carbons (Fsp3) is 0.231. The molecule has 2 rings (SSSR count). The quantitative estimate of drug-likeness (QED) is 0.645. The second-order valence-corrected chi connectivity index (χ2v) is 5.85. The standard InChI is InChI=1S/C13H14BrFN2OS/c1-18-10-6-13(19-7-10)12(17-16)4-8-2-3-9(15)5-11(8)14/h2-3,5-7,12,17H,4,16H2,1H3. The molecule has 0 bridgehead atoms. The maximum Gasteiger partial charge on any atom is 0.129 e. The maximum absolute atomic E-state index is 13.1. The first kappa shape index (κ1) is 14.5. The molecule has 0 aliphatic carbocycles. The van der Waals surface area contributed by atoms with Crippen molar-refractivity contribution in [2.45, 2.75) is 12.5 Å². The first-order valence-corrected chi connectivity index (χ1v) is 7.33. The van der Waals surface area contributed by atoms with Gasteiger partial charge in [-0.05, 0) is 30.2 Å². The monoisotopic (exact) mass is 344 g/mol. The van der Waals surface area contributed by atoms with Gasteiger partial charge in [0.1, 0.15) is 11.6 Å². The van der Waals surface area contributed by atoms with Gasteiger partial charge in [0.15, 0.2) is 0 Å². The predicted octanol–water partition coefficient (Wildman–Crippen LogP) is 3.41. The van der Waals surface area contributed by atoms with Gasteiger partial charge in [0.2, 0.25) is 0 Å². The van der Waals surface area contributed by atoms with Gasteiger partial charge in [-0.1, -0.05) is 22.0 Å². The van der Waals surface area contributed by atoms with Crippen molar-refractivity contribution in [2.75, 3.05) is 7.11 Å². The molecule has 1 unspecified atom stereocenters. The molecule has 0 spiro atoms. The van der Waals surface area contributed by atoms with Crippen LogP contribution in [0.25, 0.3) is 0 Å². The highest BCUT2D eigenvalue weighted by Gasteiger charge is 2.15. The topological polar surface area (TPSA) is 47.3 Å². The Morgan fingerprint density at radius 1 is 1.47 bits per heavy atom. The van der Waals surface area contributed by atoms with Crippen LogP contribution in [0.2, 0.25) is 0 Å². The molecule has 1 aromatic carbocycles. The number of methoxy groups -OCH3 is 1. The molecule has 0 amide bonds. The summed E-state index contributed by atoms with van der Waals surface area (Å²) in [6.45, 7) is 0. The molecule has 2 aromatic rings. The van der Waals surface area contributed by atoms with Gasteiger partial charge in [-0.15, -0.1) is 11.3 Å². The average molecular weight is 345 g/mol. The molecule has 1 atom stereocenters. The van der Waals surface area contributed by atoms with E-state index in [2.05, 4.69) is 21.4 Å². The van der Waals surface area contributed by atoms with Crippen LogP contribution in [0.1, 0.15) is 16.5 Å². The molecule has 1 heterocycles. The minimum Gasteiger partial charge on any atom is -0.496 e. The lowest BCUT2D eigenvalue weighted by atomic mass is 10.1. The third-order valence-corrected chi connectivity index (χ3v) is 4.58. The van der Waals surface area contributed by atoms with Crippen LogP contribution in [0.3, 0.4) is 0 Å². The Morgan fingerprint density at radius 2 is 2.26 bits per heavy atom. The van der Waals surface area contributed by atoms with Crippen molar-refractivity contribution in [1.29, 1.82) is 0 Å². The summed E-state index contributed by atoms with van der Waals surface area (Å²) >= 11 is 4.94. The van der Waals surface area contributed by atoms with Crippen molar-refractivity contribution in [3.05, 3.63) is 50.4 Å². The van der Waals surface area contributed by atoms with E-state index in [1.165, 1.54) is 12.1 Å². The van der Waals surface area contributed by atoms with Gasteiger partial charge in [0.05, 0.1) is 13.2 Å². The van der Waals surface area contributed by atoms with Crippen molar-refractivity contribution >= 4 is 27.3 Å². The molecular weight excluding hydrogens is 331 g/mol. The molecule has 3 nitrogen and oxygen atoms in total. The van der Waals surface area contributed by atoms with Gasteiger partial charge in [-0.25, -0.2) is 4.39 Å². The molecule has 0 radical (unpaired) electrons. The van der Waals surface area contributed by atoms with Crippen LogP contribution in [0.15, 0.2) is 34.1 Å². The molecule has 0 saturated carbocycles. The summed E-state index contributed by atoms with van der Waals surface area (Å²) in [6.07, 6.45) is 0.668. The summed E-state index contributed by atoms with van der Waals surface area (Å²) in [5, 5.41) is 1.93. The van der Waals surface area contributed by atoms with E-state index in [-0.39, 0.29) is 11.9 Å². The van der Waals surface area contributed by atoms with E-state index >= 15 is 0 Å². The second kappa shape index (κ2) is 6.47. The molecule has 0 aliphatic rings. The third-order valence-electron chi connectivity index (χ3n) is 2.82. The smallest absolute Gasteiger partial charge is 0.129 e. The summed E-state index contributed by atoms with van der Waals surface area (Å²) in [4.78, 5) is 1.08. The average Bonchev–Trinajstić information content (AvgIpc) is 2.86. The van der Waals surface area contributed by atoms with Gasteiger partial charge in [-0.3, -0.25) is 11.3 Å². The number of hydrazine groups is 1. The van der Waals surface area contributed by atoms with Crippen LogP contribution in [-0.4, -0.2) is 7.11 Å². The maximum atomic E-state index is 13.1. The summed E-state index contributed by atoms with van der Waals surface area (Å²) in [5.74, 6) is 6.17. The number of nitrogens with one attached hydrogen (secondary N) is 1. The van der Waals surface area contributed by atoms with Crippen molar-refractivity contribution in [3.8, 4) is 5.75 Å². The lowest BCUT2D eigenvalue weighted by Crippen LogP contribution is -2.29. The molecule has 6 heteroatoms. The number of nitrogens with two attached hydrogens (primary N) is 1. The predicted molar refractivity (Wildman–Crippen MR) is 78.7 cm³/mol. The van der Waals surface area contributed by atoms with Crippen molar-refractivity contribution in [2.24, 2.45) is 5.84 Å². The van der Waals surface area contributed by atoms with E-state index in [4.69, 9.17) is 10.6 Å². The van der Waals surface area contributed by atoms with Crippen LogP contribution in [0, 0.1) is 5.82 Å². The van der Waals surface area contributed by atoms with Gasteiger partial charge in [0, 0.05) is 14.7 Å². The molecule has 3 N–H and O–H groups in total. The molecule has 102 valence electrons. The Morgan fingerprint density at radius 3 is 2.84 bits per heavy atom. The first-order valence-electron chi connectivity index (χ1n) is 5.66. The number of rotatable bonds is 5. The lowest BCUT2D eigenvalue weighted by molar-refractivity contribution is 0.415. The number of ether oxygens (including phenoxy) is 1. The first-order chi connectivity index (χ1) is 9.13. The van der Waals surface area contributed by atoms with Gasteiger partial charge >= 0.3 is 0 Å². The highest BCUT2D eigenvalue weighted by Crippen LogP contribution is 2.30. The highest BCUT2D eigenvalue weighted by molar-refractivity contribution is 9.10. The van der Waals surface area contributed by atoms with E-state index in [9.17, 15) is 4.39 Å². The van der Waals surface area contributed by atoms with E-state index in [1.807, 2.05) is 11.4 Å². The number of benzene rings is 1. The van der Waals surface area contributed by atoms with E-state index < -0.39 is 0 Å². The summed E-state index contributed by atoms with van der Waals surface area (Å²) < 4.78 is 19.0. The van der Waals surface area contributed by atoms with Crippen molar-refractivity contribution in [3.63, 3.8) is 0 Å². The Kier molecular flexibility index (Phi) is 4.93. The zero-order chi connectivity index (χ0) is 13.8. The van der Waals surface area contributed by atoms with Gasteiger partial charge < -0.3 is 4.74 Å². The fourth-order valence-electron chi connectivity index (χ4n) is 1.77. The zero-order valence-corrected chi connectivity index (χ0v) is 12.7. The van der Waals surface area contributed by atoms with Crippen molar-refractivity contribution < 1.29 is 9.13 Å². The number of halogens is 2. The van der Waals surface area contributed by atoms with E-state index in [0.717, 1.165) is 20.7 Å². The molecular formula is C13H14BrFN2OS. The summed E-state index contributed by atoms with van der Waals surface area (Å²) in [5.41, 5.74) is 3.78. The molecule has 0 fully saturated rings. The second-order valence-electron chi connectivity index (χ2n) is 4.05. The molecule has 0 saturated heterocycles. The minimum absolute atomic E-state index is 0.0318. The van der Waals surface area contributed by atoms with Crippen LogP contribution in [0.5, 0.6) is 5.75 Å². The third kappa shape index (κ3) is 3.54. The summed E-state index contributed by atoms with van der Waals surface area (Å²) in [7, 11) is 1.63.